The molecule has 8 nitrogen and oxygen atoms in total. The second kappa shape index (κ2) is 12.3. The van der Waals surface area contributed by atoms with Crippen LogP contribution in [-0.2, 0) is 35.0 Å². The second-order valence-corrected chi connectivity index (χ2v) is 9.26. The average Bonchev–Trinajstić information content (AvgIpc) is 2.67. The Balaban J connectivity index is 3.11. The number of Topliss-reactive ketones (excluding diaryl/α,β-unsaturated/α-hetero) is 1. The Labute approximate surface area is 180 Å². The van der Waals surface area contributed by atoms with Crippen LogP contribution in [0, 0.1) is 5.92 Å². The molecule has 0 amide bonds. The molecule has 0 saturated heterocycles. The van der Waals surface area contributed by atoms with E-state index in [1.807, 2.05) is 6.92 Å². The molecule has 1 aromatic heterocycles. The van der Waals surface area contributed by atoms with E-state index in [0.29, 0.717) is 11.4 Å². The van der Waals surface area contributed by atoms with Crippen molar-refractivity contribution in [3.63, 3.8) is 0 Å². The molecule has 0 spiro atoms. The lowest BCUT2D eigenvalue weighted by molar-refractivity contribution is -0.175. The summed E-state index contributed by atoms with van der Waals surface area (Å²) in [6.07, 6.45) is 5.90. The Bertz CT molecular complexity index is 768. The summed E-state index contributed by atoms with van der Waals surface area (Å²) in [6.45, 7) is 6.92. The zero-order valence-electron chi connectivity index (χ0n) is 18.8. The topological polar surface area (TPSA) is 101 Å². The molecule has 0 aromatic carbocycles. The summed E-state index contributed by atoms with van der Waals surface area (Å²) < 4.78 is 44.6. The number of nitrogens with zero attached hydrogens (tertiary/aromatic N) is 1. The molecule has 9 heteroatoms. The zero-order chi connectivity index (χ0) is 22.8. The van der Waals surface area contributed by atoms with E-state index in [1.165, 1.54) is 14.0 Å². The van der Waals surface area contributed by atoms with Crippen LogP contribution in [0.25, 0.3) is 0 Å². The summed E-state index contributed by atoms with van der Waals surface area (Å²) in [6, 6.07) is 3.55. The number of hydrogen-bond donors (Lipinski definition) is 0. The van der Waals surface area contributed by atoms with E-state index in [4.69, 9.17) is 18.4 Å². The summed E-state index contributed by atoms with van der Waals surface area (Å²) in [4.78, 5) is 17.0. The van der Waals surface area contributed by atoms with E-state index in [9.17, 15) is 13.2 Å². The van der Waals surface area contributed by atoms with E-state index in [-0.39, 0.29) is 31.7 Å². The highest BCUT2D eigenvalue weighted by Gasteiger charge is 2.43. The maximum atomic E-state index is 12.7. The van der Waals surface area contributed by atoms with Crippen molar-refractivity contribution in [3.8, 4) is 5.75 Å². The summed E-state index contributed by atoms with van der Waals surface area (Å²) in [5.74, 6) is -0.184. The Hall–Kier alpha value is -1.55. The normalized spacial score (nSPS) is 15.9. The molecule has 172 valence electrons. The minimum absolute atomic E-state index is 0.0598. The van der Waals surface area contributed by atoms with Gasteiger partial charge in [-0.15, -0.1) is 0 Å². The number of aromatic nitrogens is 1. The van der Waals surface area contributed by atoms with Crippen LogP contribution in [0.4, 0.5) is 0 Å². The summed E-state index contributed by atoms with van der Waals surface area (Å²) >= 11 is 0. The standard InChI is InChI=1S/C21H35NO7S/c1-7-8-9-17(3)29-20-10-11-22-19(12-20)13-21(18(4)23,27-15-26-5)16(2)14-28-30(6,24)25/h10-12,16-17H,7-9,13-15H2,1-6H3/t16-,17+,21+/m0/s1. The van der Waals surface area contributed by atoms with Crippen LogP contribution in [0.1, 0.15) is 52.7 Å². The number of ketones is 1. The predicted octanol–water partition coefficient (Wildman–Crippen LogP) is 3.14. The number of unbranched alkanes of at least 4 members (excludes halogenated alkanes) is 1. The van der Waals surface area contributed by atoms with Crippen molar-refractivity contribution in [1.29, 1.82) is 0 Å². The minimum Gasteiger partial charge on any atom is -0.491 e. The molecule has 1 aromatic rings. The van der Waals surface area contributed by atoms with Crippen molar-refractivity contribution in [2.24, 2.45) is 5.92 Å². The van der Waals surface area contributed by atoms with Gasteiger partial charge in [0.1, 0.15) is 18.1 Å². The molecule has 0 fully saturated rings. The fourth-order valence-electron chi connectivity index (χ4n) is 3.14. The third-order valence-corrected chi connectivity index (χ3v) is 5.46. The lowest BCUT2D eigenvalue weighted by Crippen LogP contribution is -2.50. The number of rotatable bonds is 15. The van der Waals surface area contributed by atoms with Gasteiger partial charge in [-0.3, -0.25) is 14.0 Å². The van der Waals surface area contributed by atoms with Crippen molar-refractivity contribution >= 4 is 15.9 Å². The van der Waals surface area contributed by atoms with Crippen molar-refractivity contribution in [1.82, 2.24) is 4.98 Å². The maximum Gasteiger partial charge on any atom is 0.264 e. The molecule has 0 N–H and O–H groups in total. The van der Waals surface area contributed by atoms with Crippen molar-refractivity contribution in [2.75, 3.05) is 26.8 Å². The van der Waals surface area contributed by atoms with Crippen LogP contribution in [0.15, 0.2) is 18.3 Å². The maximum absolute atomic E-state index is 12.7. The van der Waals surface area contributed by atoms with Crippen LogP contribution in [0.5, 0.6) is 5.75 Å². The Morgan fingerprint density at radius 3 is 2.57 bits per heavy atom. The van der Waals surface area contributed by atoms with Crippen LogP contribution in [0.2, 0.25) is 0 Å². The molecule has 0 bridgehead atoms. The van der Waals surface area contributed by atoms with E-state index in [0.717, 1.165) is 25.5 Å². The first-order valence-electron chi connectivity index (χ1n) is 10.1. The quantitative estimate of drug-likeness (QED) is 0.300. The van der Waals surface area contributed by atoms with Crippen molar-refractivity contribution in [2.45, 2.75) is 65.1 Å². The Morgan fingerprint density at radius 2 is 2.00 bits per heavy atom. The fourth-order valence-corrected chi connectivity index (χ4v) is 3.59. The first-order valence-corrected chi connectivity index (χ1v) is 12.0. The lowest BCUT2D eigenvalue weighted by atomic mass is 9.81. The molecular weight excluding hydrogens is 410 g/mol. The molecule has 0 aliphatic carbocycles. The van der Waals surface area contributed by atoms with E-state index >= 15 is 0 Å². The Morgan fingerprint density at radius 1 is 1.30 bits per heavy atom. The Kier molecular flexibility index (Phi) is 10.9. The monoisotopic (exact) mass is 445 g/mol. The fraction of sp³-hybridized carbons (Fsp3) is 0.714. The molecule has 0 radical (unpaired) electrons. The number of ether oxygens (including phenoxy) is 3. The van der Waals surface area contributed by atoms with Gasteiger partial charge in [0.25, 0.3) is 10.1 Å². The highest BCUT2D eigenvalue weighted by Crippen LogP contribution is 2.30. The third kappa shape index (κ3) is 8.67. The van der Waals surface area contributed by atoms with Gasteiger partial charge >= 0.3 is 0 Å². The van der Waals surface area contributed by atoms with Gasteiger partial charge in [-0.25, -0.2) is 0 Å². The highest BCUT2D eigenvalue weighted by molar-refractivity contribution is 7.85. The van der Waals surface area contributed by atoms with Gasteiger partial charge < -0.3 is 14.2 Å². The number of hydrogen-bond acceptors (Lipinski definition) is 8. The van der Waals surface area contributed by atoms with Crippen LogP contribution in [0.3, 0.4) is 0 Å². The van der Waals surface area contributed by atoms with Gasteiger partial charge in [0.15, 0.2) is 5.78 Å². The van der Waals surface area contributed by atoms with E-state index in [1.54, 1.807) is 25.3 Å². The van der Waals surface area contributed by atoms with Gasteiger partial charge in [-0.05, 0) is 26.3 Å². The number of methoxy groups -OCH3 is 1. The molecule has 0 saturated carbocycles. The van der Waals surface area contributed by atoms with Crippen LogP contribution >= 0.6 is 0 Å². The van der Waals surface area contributed by atoms with Gasteiger partial charge in [0.05, 0.1) is 19.0 Å². The SMILES string of the molecule is CCCC[C@@H](C)Oc1ccnc(C[C@](OCOC)(C(C)=O)[C@@H](C)COS(C)(=O)=O)c1. The zero-order valence-corrected chi connectivity index (χ0v) is 19.7. The largest absolute Gasteiger partial charge is 0.491 e. The number of carbonyl (C=O) groups excluding carboxylic acids is 1. The first-order chi connectivity index (χ1) is 14.0. The van der Waals surface area contributed by atoms with Gasteiger partial charge in [-0.2, -0.15) is 8.42 Å². The van der Waals surface area contributed by atoms with Gasteiger partial charge in [0.2, 0.25) is 0 Å². The summed E-state index contributed by atoms with van der Waals surface area (Å²) in [7, 11) is -2.21. The predicted molar refractivity (Wildman–Crippen MR) is 114 cm³/mol. The van der Waals surface area contributed by atoms with Gasteiger partial charge in [-0.1, -0.05) is 26.7 Å². The van der Waals surface area contributed by atoms with E-state index in [2.05, 4.69) is 11.9 Å². The van der Waals surface area contributed by atoms with Gasteiger partial charge in [0, 0.05) is 37.4 Å². The minimum atomic E-state index is -3.66. The molecule has 3 atom stereocenters. The molecule has 1 heterocycles. The highest BCUT2D eigenvalue weighted by atomic mass is 32.2. The number of carbonyl (C=O) groups is 1. The molecule has 1 rings (SSSR count). The molecule has 0 aliphatic heterocycles. The molecular formula is C21H35NO7S. The first kappa shape index (κ1) is 26.5. The van der Waals surface area contributed by atoms with Crippen LogP contribution in [-0.4, -0.2) is 57.7 Å². The third-order valence-electron chi connectivity index (χ3n) is 4.89. The van der Waals surface area contributed by atoms with Crippen LogP contribution < -0.4 is 4.74 Å². The van der Waals surface area contributed by atoms with Crippen molar-refractivity contribution < 1.29 is 31.6 Å². The second-order valence-electron chi connectivity index (χ2n) is 7.62. The summed E-state index contributed by atoms with van der Waals surface area (Å²) in [5.41, 5.74) is -0.770. The molecule has 0 unspecified atom stereocenters. The summed E-state index contributed by atoms with van der Waals surface area (Å²) in [5, 5.41) is 0. The smallest absolute Gasteiger partial charge is 0.264 e. The lowest BCUT2D eigenvalue weighted by Gasteiger charge is -2.36. The molecule has 0 aliphatic rings. The van der Waals surface area contributed by atoms with Crippen molar-refractivity contribution in [3.05, 3.63) is 24.0 Å². The number of pyridine rings is 1. The molecule has 30 heavy (non-hydrogen) atoms. The van der Waals surface area contributed by atoms with E-state index < -0.39 is 21.6 Å². The average molecular weight is 446 g/mol.